The van der Waals surface area contributed by atoms with Crippen molar-refractivity contribution < 1.29 is 36.4 Å². The Morgan fingerprint density at radius 2 is 1.73 bits per heavy atom. The van der Waals surface area contributed by atoms with Crippen molar-refractivity contribution in [3.63, 3.8) is 0 Å². The van der Waals surface area contributed by atoms with Crippen LogP contribution in [0.4, 0.5) is 0 Å². The van der Waals surface area contributed by atoms with Gasteiger partial charge < -0.3 is 14.6 Å². The number of aliphatic hydroxyl groups excluding tert-OH is 1. The maximum Gasteiger partial charge on any atom is 0.333 e. The summed E-state index contributed by atoms with van der Waals surface area (Å²) >= 11 is 0. The molecule has 4 nitrogen and oxygen atoms in total. The van der Waals surface area contributed by atoms with Crippen LogP contribution in [0.15, 0.2) is 78.3 Å². The van der Waals surface area contributed by atoms with Gasteiger partial charge in [-0.1, -0.05) is 18.7 Å². The first-order valence-electron chi connectivity index (χ1n) is 6.51. The summed E-state index contributed by atoms with van der Waals surface area (Å²) in [6, 6.07) is 10.0. The Kier molecular flexibility index (Phi) is 10.4. The van der Waals surface area contributed by atoms with E-state index >= 15 is 0 Å². The zero-order valence-corrected chi connectivity index (χ0v) is 13.4. The number of ether oxygens (including phenoxy) is 2. The third-order valence-corrected chi connectivity index (χ3v) is 2.37. The van der Waals surface area contributed by atoms with Gasteiger partial charge in [0.2, 0.25) is 0 Å². The van der Waals surface area contributed by atoms with Crippen LogP contribution in [0, 0.1) is 0 Å². The predicted octanol–water partition coefficient (Wildman–Crippen LogP) is 3.42. The van der Waals surface area contributed by atoms with Crippen LogP contribution < -0.4 is 0 Å². The van der Waals surface area contributed by atoms with Gasteiger partial charge in [0.1, 0.15) is 13.2 Å². The molecule has 0 radical (unpaired) electrons. The number of aliphatic hydroxyl groups is 1. The number of hydrogen-bond donors (Lipinski definition) is 1. The summed E-state index contributed by atoms with van der Waals surface area (Å²) in [4.78, 5) is 11.0. The van der Waals surface area contributed by atoms with Gasteiger partial charge in [-0.15, -0.1) is 0 Å². The number of carbonyl (C=O) groups is 1. The van der Waals surface area contributed by atoms with Gasteiger partial charge in [-0.3, -0.25) is 0 Å². The average Bonchev–Trinajstić information content (AvgIpc) is 3.18. The smallest absolute Gasteiger partial charge is 0.333 e. The van der Waals surface area contributed by atoms with Crippen LogP contribution in [0.3, 0.4) is 0 Å². The van der Waals surface area contributed by atoms with E-state index in [-0.39, 0.29) is 36.2 Å². The number of allylic oxidation sites excluding steroid dienone is 5. The van der Waals surface area contributed by atoms with E-state index in [9.17, 15) is 9.90 Å². The second-order valence-corrected chi connectivity index (χ2v) is 4.21. The molecule has 0 saturated heterocycles. The number of rotatable bonds is 5. The van der Waals surface area contributed by atoms with Gasteiger partial charge in [0.15, 0.2) is 0 Å². The molecule has 0 fully saturated rings. The fourth-order valence-electron chi connectivity index (χ4n) is 1.32. The van der Waals surface area contributed by atoms with Gasteiger partial charge in [0.25, 0.3) is 5.95 Å². The molecule has 0 aliphatic heterocycles. The zero-order chi connectivity index (χ0) is 15.5. The number of carbonyl (C=O) groups excluding carboxylic acids is 1. The minimum absolute atomic E-state index is 0. The third-order valence-electron chi connectivity index (χ3n) is 2.37. The molecular weight excluding hydrogens is 324 g/mol. The van der Waals surface area contributed by atoms with Crippen molar-refractivity contribution in [2.75, 3.05) is 13.2 Å². The predicted molar refractivity (Wildman–Crippen MR) is 81.7 cm³/mol. The van der Waals surface area contributed by atoms with E-state index in [1.54, 1.807) is 31.2 Å². The summed E-state index contributed by atoms with van der Waals surface area (Å²) in [7, 11) is 0. The molecule has 0 saturated carbocycles. The summed E-state index contributed by atoms with van der Waals surface area (Å²) in [5.41, 5.74) is 0.940. The van der Waals surface area contributed by atoms with Crippen LogP contribution in [-0.4, -0.2) is 24.3 Å². The van der Waals surface area contributed by atoms with E-state index in [1.165, 1.54) is 0 Å². The van der Waals surface area contributed by atoms with Crippen molar-refractivity contribution >= 4 is 5.97 Å². The van der Waals surface area contributed by atoms with Crippen LogP contribution in [0.2, 0.25) is 0 Å². The van der Waals surface area contributed by atoms with E-state index in [2.05, 4.69) is 6.58 Å². The topological polar surface area (TPSA) is 55.8 Å². The Morgan fingerprint density at radius 1 is 1.18 bits per heavy atom. The van der Waals surface area contributed by atoms with Gasteiger partial charge in [0, 0.05) is 22.6 Å². The SMILES string of the molecule is C=C(C)C(=O)OCCOC(O)=C1C=CC=C1.[Fe].c1cc[cH-]c1. The molecule has 2 rings (SSSR count). The second-order valence-electron chi connectivity index (χ2n) is 4.21. The minimum atomic E-state index is -0.462. The molecule has 0 aromatic heterocycles. The fourth-order valence-corrected chi connectivity index (χ4v) is 1.32. The first kappa shape index (κ1) is 19.9. The van der Waals surface area contributed by atoms with Crippen molar-refractivity contribution in [2.24, 2.45) is 0 Å². The Labute approximate surface area is 141 Å². The van der Waals surface area contributed by atoms with Crippen molar-refractivity contribution in [3.05, 3.63) is 78.3 Å². The molecule has 22 heavy (non-hydrogen) atoms. The number of esters is 1. The maximum atomic E-state index is 11.0. The molecule has 1 N–H and O–H groups in total. The monoisotopic (exact) mass is 343 g/mol. The Bertz CT molecular complexity index is 508. The standard InChI is InChI=1S/C12H14O4.C5H5.Fe/c1-9(2)11(13)15-7-8-16-12(14)10-5-3-4-6-10;1-2-4-5-3-1;/h3-6,14H,1,7-8H2,2H3;1-5H;/q;-1;. The molecule has 0 spiro atoms. The summed E-state index contributed by atoms with van der Waals surface area (Å²) in [6.45, 7) is 5.19. The molecule has 0 heterocycles. The van der Waals surface area contributed by atoms with Crippen LogP contribution in [0.1, 0.15) is 6.92 Å². The van der Waals surface area contributed by atoms with Crippen molar-refractivity contribution in [1.29, 1.82) is 0 Å². The third kappa shape index (κ3) is 8.25. The largest absolute Gasteiger partial charge is 0.481 e. The molecule has 1 aromatic rings. The molecule has 1 aromatic carbocycles. The summed E-state index contributed by atoms with van der Waals surface area (Å²) < 4.78 is 9.77. The van der Waals surface area contributed by atoms with Gasteiger partial charge in [-0.25, -0.2) is 16.9 Å². The van der Waals surface area contributed by atoms with E-state index < -0.39 is 5.97 Å². The van der Waals surface area contributed by atoms with Gasteiger partial charge in [0.05, 0.1) is 5.57 Å². The molecule has 1 aliphatic rings. The first-order valence-corrected chi connectivity index (χ1v) is 6.51. The molecule has 0 bridgehead atoms. The van der Waals surface area contributed by atoms with Gasteiger partial charge >= 0.3 is 5.97 Å². The maximum absolute atomic E-state index is 11.0. The van der Waals surface area contributed by atoms with E-state index in [0.29, 0.717) is 11.1 Å². The zero-order valence-electron chi connectivity index (χ0n) is 12.3. The van der Waals surface area contributed by atoms with Crippen molar-refractivity contribution in [2.45, 2.75) is 6.92 Å². The van der Waals surface area contributed by atoms with E-state index in [4.69, 9.17) is 9.47 Å². The van der Waals surface area contributed by atoms with Crippen molar-refractivity contribution in [1.82, 2.24) is 0 Å². The van der Waals surface area contributed by atoms with Crippen LogP contribution in [0.25, 0.3) is 0 Å². The van der Waals surface area contributed by atoms with E-state index in [1.807, 2.05) is 30.3 Å². The Balaban J connectivity index is 0.000000622. The molecule has 120 valence electrons. The first-order chi connectivity index (χ1) is 10.1. The second kappa shape index (κ2) is 11.5. The quantitative estimate of drug-likeness (QED) is 0.222. The number of hydrogen-bond acceptors (Lipinski definition) is 4. The Morgan fingerprint density at radius 3 is 2.18 bits per heavy atom. The molecule has 0 amide bonds. The summed E-state index contributed by atoms with van der Waals surface area (Å²) in [5.74, 6) is -0.632. The average molecular weight is 343 g/mol. The minimum Gasteiger partial charge on any atom is -0.481 e. The van der Waals surface area contributed by atoms with Crippen LogP contribution >= 0.6 is 0 Å². The summed E-state index contributed by atoms with van der Waals surface area (Å²) in [5, 5.41) is 9.42. The van der Waals surface area contributed by atoms with Gasteiger partial charge in [-0.2, -0.15) is 18.2 Å². The Hall–Kier alpha value is -2.10. The van der Waals surface area contributed by atoms with E-state index in [0.717, 1.165) is 0 Å². The summed E-state index contributed by atoms with van der Waals surface area (Å²) in [6.07, 6.45) is 7.01. The van der Waals surface area contributed by atoms with Crippen molar-refractivity contribution in [3.8, 4) is 0 Å². The van der Waals surface area contributed by atoms with Crippen LogP contribution in [-0.2, 0) is 31.3 Å². The normalized spacial score (nSPS) is 11.0. The molecular formula is C17H19FeO4-. The fraction of sp³-hybridized carbons (Fsp3) is 0.176. The molecule has 1 aliphatic carbocycles. The molecule has 0 atom stereocenters. The van der Waals surface area contributed by atoms with Crippen LogP contribution in [0.5, 0.6) is 0 Å². The van der Waals surface area contributed by atoms with Gasteiger partial charge in [-0.05, 0) is 19.1 Å². The molecule has 5 heteroatoms. The molecule has 0 unspecified atom stereocenters.